The molecule has 2 atom stereocenters. The van der Waals surface area contributed by atoms with Gasteiger partial charge >= 0.3 is 0 Å². The molecule has 3 N–H and O–H groups in total. The van der Waals surface area contributed by atoms with Crippen molar-refractivity contribution < 1.29 is 14.3 Å². The van der Waals surface area contributed by atoms with Gasteiger partial charge in [-0.3, -0.25) is 9.59 Å². The number of rotatable bonds is 5. The summed E-state index contributed by atoms with van der Waals surface area (Å²) in [5.41, 5.74) is 5.84. The second-order valence-corrected chi connectivity index (χ2v) is 5.71. The maximum Gasteiger partial charge on any atom is 0.246 e. The third-order valence-corrected chi connectivity index (χ3v) is 4.19. The first kappa shape index (κ1) is 16.1. The zero-order valence-electron chi connectivity index (χ0n) is 11.3. The summed E-state index contributed by atoms with van der Waals surface area (Å²) in [6.07, 6.45) is 0.711. The highest BCUT2D eigenvalue weighted by atomic mass is 35.5. The van der Waals surface area contributed by atoms with E-state index in [1.165, 1.54) is 0 Å². The first-order chi connectivity index (χ1) is 9.97. The lowest BCUT2D eigenvalue weighted by Crippen LogP contribution is -2.35. The van der Waals surface area contributed by atoms with Gasteiger partial charge in [-0.1, -0.05) is 35.3 Å². The van der Waals surface area contributed by atoms with Crippen molar-refractivity contribution in [1.82, 2.24) is 5.32 Å². The molecule has 0 spiro atoms. The Balaban J connectivity index is 1.80. The third-order valence-electron chi connectivity index (χ3n) is 3.33. The standard InChI is InChI=1S/C14H16Cl2N2O3/c15-10-3-1-2-8(13(10)16)6-12(19)18-7-9-4-5-11(21-9)14(17)20/h1-3,9,11H,4-7H2,(H2,17,20)(H,18,19). The van der Waals surface area contributed by atoms with E-state index >= 15 is 0 Å². The van der Waals surface area contributed by atoms with Crippen LogP contribution in [0.15, 0.2) is 18.2 Å². The van der Waals surface area contributed by atoms with Crippen LogP contribution in [-0.4, -0.2) is 30.6 Å². The molecule has 1 heterocycles. The number of carbonyl (C=O) groups is 2. The van der Waals surface area contributed by atoms with Crippen LogP contribution in [-0.2, 0) is 20.7 Å². The Morgan fingerprint density at radius 3 is 2.76 bits per heavy atom. The molecule has 1 aliphatic heterocycles. The maximum atomic E-state index is 11.9. The van der Waals surface area contributed by atoms with Crippen LogP contribution in [0.1, 0.15) is 18.4 Å². The Hall–Kier alpha value is -1.30. The molecule has 2 amide bonds. The predicted molar refractivity (Wildman–Crippen MR) is 80.3 cm³/mol. The van der Waals surface area contributed by atoms with Crippen LogP contribution in [0.5, 0.6) is 0 Å². The van der Waals surface area contributed by atoms with Gasteiger partial charge in [0.15, 0.2) is 0 Å². The van der Waals surface area contributed by atoms with Crippen molar-refractivity contribution in [2.24, 2.45) is 5.73 Å². The number of benzene rings is 1. The number of hydrogen-bond acceptors (Lipinski definition) is 3. The van der Waals surface area contributed by atoms with Gasteiger partial charge in [-0.05, 0) is 24.5 Å². The zero-order valence-corrected chi connectivity index (χ0v) is 12.8. The molecular formula is C14H16Cl2N2O3. The number of nitrogens with two attached hydrogens (primary N) is 1. The van der Waals surface area contributed by atoms with Crippen LogP contribution < -0.4 is 11.1 Å². The summed E-state index contributed by atoms with van der Waals surface area (Å²) >= 11 is 11.9. The number of amides is 2. The van der Waals surface area contributed by atoms with Crippen LogP contribution in [0.3, 0.4) is 0 Å². The van der Waals surface area contributed by atoms with Gasteiger partial charge in [0.05, 0.1) is 22.6 Å². The highest BCUT2D eigenvalue weighted by Crippen LogP contribution is 2.25. The molecule has 0 radical (unpaired) electrons. The highest BCUT2D eigenvalue weighted by molar-refractivity contribution is 6.42. The lowest BCUT2D eigenvalue weighted by molar-refractivity contribution is -0.128. The quantitative estimate of drug-likeness (QED) is 0.861. The van der Waals surface area contributed by atoms with Crippen LogP contribution in [0.4, 0.5) is 0 Å². The van der Waals surface area contributed by atoms with Crippen molar-refractivity contribution in [1.29, 1.82) is 0 Å². The van der Waals surface area contributed by atoms with Gasteiger partial charge in [-0.2, -0.15) is 0 Å². The summed E-state index contributed by atoms with van der Waals surface area (Å²) in [5, 5.41) is 3.57. The Kier molecular flexibility index (Phi) is 5.45. The Morgan fingerprint density at radius 2 is 2.10 bits per heavy atom. The Bertz CT molecular complexity index is 551. The molecule has 2 rings (SSSR count). The molecule has 1 aromatic rings. The number of nitrogens with one attached hydrogen (secondary N) is 1. The molecule has 5 nitrogen and oxygen atoms in total. The summed E-state index contributed by atoms with van der Waals surface area (Å²) in [5.74, 6) is -0.639. The van der Waals surface area contributed by atoms with Gasteiger partial charge < -0.3 is 15.8 Å². The summed E-state index contributed by atoms with van der Waals surface area (Å²) in [6, 6.07) is 5.17. The van der Waals surface area contributed by atoms with Gasteiger partial charge in [0.1, 0.15) is 6.10 Å². The maximum absolute atomic E-state index is 11.9. The molecule has 1 aliphatic rings. The summed E-state index contributed by atoms with van der Waals surface area (Å²) in [7, 11) is 0. The van der Waals surface area contributed by atoms with Gasteiger partial charge in [0.25, 0.3) is 0 Å². The smallest absolute Gasteiger partial charge is 0.246 e. The normalized spacial score (nSPS) is 21.2. The van der Waals surface area contributed by atoms with Crippen LogP contribution in [0, 0.1) is 0 Å². The van der Waals surface area contributed by atoms with E-state index < -0.39 is 12.0 Å². The van der Waals surface area contributed by atoms with Gasteiger partial charge in [-0.15, -0.1) is 0 Å². The Morgan fingerprint density at radius 1 is 1.33 bits per heavy atom. The van der Waals surface area contributed by atoms with Crippen molar-refractivity contribution in [2.75, 3.05) is 6.54 Å². The number of halogens is 2. The van der Waals surface area contributed by atoms with Crippen molar-refractivity contribution in [3.63, 3.8) is 0 Å². The number of hydrogen-bond donors (Lipinski definition) is 2. The van der Waals surface area contributed by atoms with Crippen molar-refractivity contribution in [2.45, 2.75) is 31.5 Å². The van der Waals surface area contributed by atoms with E-state index in [9.17, 15) is 9.59 Å². The second kappa shape index (κ2) is 7.11. The van der Waals surface area contributed by atoms with Crippen LogP contribution in [0.25, 0.3) is 0 Å². The monoisotopic (exact) mass is 330 g/mol. The van der Waals surface area contributed by atoms with E-state index in [0.29, 0.717) is 35.0 Å². The summed E-state index contributed by atoms with van der Waals surface area (Å²) in [4.78, 5) is 22.9. The summed E-state index contributed by atoms with van der Waals surface area (Å²) < 4.78 is 5.43. The van der Waals surface area contributed by atoms with E-state index in [2.05, 4.69) is 5.32 Å². The molecule has 21 heavy (non-hydrogen) atoms. The van der Waals surface area contributed by atoms with E-state index in [4.69, 9.17) is 33.7 Å². The number of carbonyl (C=O) groups excluding carboxylic acids is 2. The predicted octanol–water partition coefficient (Wildman–Crippen LogP) is 1.69. The second-order valence-electron chi connectivity index (χ2n) is 4.92. The molecule has 0 aromatic heterocycles. The molecular weight excluding hydrogens is 315 g/mol. The zero-order chi connectivity index (χ0) is 15.4. The van der Waals surface area contributed by atoms with Crippen molar-refractivity contribution >= 4 is 35.0 Å². The minimum Gasteiger partial charge on any atom is -0.367 e. The number of primary amides is 1. The van der Waals surface area contributed by atoms with Gasteiger partial charge in [-0.25, -0.2) is 0 Å². The fourth-order valence-corrected chi connectivity index (χ4v) is 2.60. The van der Waals surface area contributed by atoms with Gasteiger partial charge in [0.2, 0.25) is 11.8 Å². The fraction of sp³-hybridized carbons (Fsp3) is 0.429. The SMILES string of the molecule is NC(=O)C1CCC(CNC(=O)Cc2cccc(Cl)c2Cl)O1. The van der Waals surface area contributed by atoms with Crippen LogP contribution >= 0.6 is 23.2 Å². The molecule has 1 aromatic carbocycles. The van der Waals surface area contributed by atoms with E-state index in [-0.39, 0.29) is 18.4 Å². The van der Waals surface area contributed by atoms with Gasteiger partial charge in [0, 0.05) is 6.54 Å². The minimum atomic E-state index is -0.547. The lowest BCUT2D eigenvalue weighted by Gasteiger charge is -2.13. The molecule has 7 heteroatoms. The number of ether oxygens (including phenoxy) is 1. The minimum absolute atomic E-state index is 0.144. The topological polar surface area (TPSA) is 81.4 Å². The lowest BCUT2D eigenvalue weighted by atomic mass is 10.1. The average molecular weight is 331 g/mol. The molecule has 0 aliphatic carbocycles. The highest BCUT2D eigenvalue weighted by Gasteiger charge is 2.29. The Labute approximate surface area is 132 Å². The van der Waals surface area contributed by atoms with E-state index in [1.807, 2.05) is 0 Å². The summed E-state index contributed by atoms with van der Waals surface area (Å²) in [6.45, 7) is 0.348. The fourth-order valence-electron chi connectivity index (χ4n) is 2.21. The van der Waals surface area contributed by atoms with E-state index in [1.54, 1.807) is 18.2 Å². The molecule has 1 fully saturated rings. The van der Waals surface area contributed by atoms with Crippen molar-refractivity contribution in [3.05, 3.63) is 33.8 Å². The largest absolute Gasteiger partial charge is 0.367 e. The molecule has 0 bridgehead atoms. The molecule has 2 unspecified atom stereocenters. The van der Waals surface area contributed by atoms with E-state index in [0.717, 1.165) is 0 Å². The first-order valence-electron chi connectivity index (χ1n) is 6.61. The molecule has 114 valence electrons. The molecule has 0 saturated carbocycles. The van der Waals surface area contributed by atoms with Crippen LogP contribution in [0.2, 0.25) is 10.0 Å². The van der Waals surface area contributed by atoms with Crippen molar-refractivity contribution in [3.8, 4) is 0 Å². The first-order valence-corrected chi connectivity index (χ1v) is 7.37. The molecule has 1 saturated heterocycles. The third kappa shape index (κ3) is 4.33. The average Bonchev–Trinajstić information content (AvgIpc) is 2.91.